The number of hydrogen-bond donors (Lipinski definition) is 1. The van der Waals surface area contributed by atoms with E-state index in [9.17, 15) is 9.59 Å². The van der Waals surface area contributed by atoms with Gasteiger partial charge in [-0.1, -0.05) is 50.1 Å². The summed E-state index contributed by atoms with van der Waals surface area (Å²) < 4.78 is 18.2. The molecule has 2 aliphatic heterocycles. The van der Waals surface area contributed by atoms with Gasteiger partial charge >= 0.3 is 5.97 Å². The molecule has 3 atom stereocenters. The Morgan fingerprint density at radius 3 is 2.34 bits per heavy atom. The molecule has 0 bridgehead atoms. The van der Waals surface area contributed by atoms with E-state index < -0.39 is 18.2 Å². The van der Waals surface area contributed by atoms with Crippen molar-refractivity contribution < 1.29 is 23.8 Å². The zero-order valence-electron chi connectivity index (χ0n) is 22.9. The van der Waals surface area contributed by atoms with E-state index in [0.29, 0.717) is 44.2 Å². The number of carbonyl (C=O) groups is 2. The number of esters is 1. The van der Waals surface area contributed by atoms with Crippen LogP contribution in [0.2, 0.25) is 0 Å². The molecule has 2 heterocycles. The molecule has 3 unspecified atom stereocenters. The van der Waals surface area contributed by atoms with Gasteiger partial charge in [-0.3, -0.25) is 19.4 Å². The fraction of sp³-hybridized carbons (Fsp3) is 0.533. The van der Waals surface area contributed by atoms with Crippen molar-refractivity contribution in [1.29, 1.82) is 0 Å². The van der Waals surface area contributed by atoms with Crippen LogP contribution in [0.1, 0.15) is 55.3 Å². The summed E-state index contributed by atoms with van der Waals surface area (Å²) in [5.41, 5.74) is 9.05. The summed E-state index contributed by atoms with van der Waals surface area (Å²) in [5.74, 6) is 0.836. The lowest BCUT2D eigenvalue weighted by atomic mass is 9.94. The van der Waals surface area contributed by atoms with E-state index in [0.717, 1.165) is 49.0 Å². The molecule has 2 aromatic rings. The molecule has 1 fully saturated rings. The normalized spacial score (nSPS) is 19.5. The standard InChI is InChI=1S/C30H41N3O5/c1-4-5-6-14-27(34)38-25(26-20-36-23-12-7-8-13-24(23)37-26)19-32-15-17-33(18-16-32)29(30(31)35)28-21(2)10-9-11-22(28)3/h7-13,25-26,29H,4-6,14-20H2,1-3H3,(H2,31,35). The lowest BCUT2D eigenvalue weighted by molar-refractivity contribution is -0.158. The lowest BCUT2D eigenvalue weighted by Crippen LogP contribution is -2.54. The lowest BCUT2D eigenvalue weighted by Gasteiger charge is -2.41. The average Bonchev–Trinajstić information content (AvgIpc) is 2.91. The highest BCUT2D eigenvalue weighted by Gasteiger charge is 2.36. The minimum atomic E-state index is -0.463. The van der Waals surface area contributed by atoms with E-state index in [2.05, 4.69) is 16.7 Å². The number of hydrogen-bond acceptors (Lipinski definition) is 7. The maximum Gasteiger partial charge on any atom is 0.306 e. The maximum atomic E-state index is 12.7. The van der Waals surface area contributed by atoms with Crippen LogP contribution in [-0.2, 0) is 14.3 Å². The highest BCUT2D eigenvalue weighted by Crippen LogP contribution is 2.33. The van der Waals surface area contributed by atoms with E-state index in [1.54, 1.807) is 0 Å². The number of rotatable bonds is 11. The van der Waals surface area contributed by atoms with Crippen molar-refractivity contribution in [3.63, 3.8) is 0 Å². The molecule has 206 valence electrons. The predicted octanol–water partition coefficient (Wildman–Crippen LogP) is 3.78. The van der Waals surface area contributed by atoms with E-state index in [1.807, 2.05) is 56.3 Å². The molecule has 2 N–H and O–H groups in total. The van der Waals surface area contributed by atoms with Gasteiger partial charge in [-0.2, -0.15) is 0 Å². The molecule has 0 aromatic heterocycles. The molecule has 4 rings (SSSR count). The number of ether oxygens (including phenoxy) is 3. The quantitative estimate of drug-likeness (QED) is 0.354. The summed E-state index contributed by atoms with van der Waals surface area (Å²) in [4.78, 5) is 29.7. The first-order valence-electron chi connectivity index (χ1n) is 13.8. The molecule has 8 heteroatoms. The predicted molar refractivity (Wildman–Crippen MR) is 146 cm³/mol. The molecule has 0 spiro atoms. The molecule has 2 aliphatic rings. The number of primary amides is 1. The van der Waals surface area contributed by atoms with Gasteiger partial charge in [-0.25, -0.2) is 0 Å². The maximum absolute atomic E-state index is 12.7. The first-order valence-corrected chi connectivity index (χ1v) is 13.8. The van der Waals surface area contributed by atoms with Crippen LogP contribution in [-0.4, -0.2) is 73.2 Å². The summed E-state index contributed by atoms with van der Waals surface area (Å²) in [6, 6.07) is 13.2. The molecule has 1 saturated heterocycles. The average molecular weight is 524 g/mol. The summed E-state index contributed by atoms with van der Waals surface area (Å²) in [6.45, 7) is 9.84. The Balaban J connectivity index is 1.42. The molecule has 38 heavy (non-hydrogen) atoms. The Hall–Kier alpha value is -3.10. The van der Waals surface area contributed by atoms with E-state index in [-0.39, 0.29) is 11.9 Å². The van der Waals surface area contributed by atoms with Gasteiger partial charge in [0.1, 0.15) is 12.6 Å². The van der Waals surface area contributed by atoms with Gasteiger partial charge < -0.3 is 19.9 Å². The van der Waals surface area contributed by atoms with E-state index in [1.165, 1.54) is 0 Å². The highest BCUT2D eigenvalue weighted by atomic mass is 16.6. The molecular formula is C30H41N3O5. The van der Waals surface area contributed by atoms with Gasteiger partial charge in [0.2, 0.25) is 5.91 Å². The zero-order chi connectivity index (χ0) is 27.1. The van der Waals surface area contributed by atoms with Gasteiger partial charge in [0.25, 0.3) is 0 Å². The first-order chi connectivity index (χ1) is 18.4. The number of benzene rings is 2. The minimum absolute atomic E-state index is 0.201. The number of nitrogens with two attached hydrogens (primary N) is 1. The van der Waals surface area contributed by atoms with Crippen LogP contribution in [0, 0.1) is 13.8 Å². The highest BCUT2D eigenvalue weighted by molar-refractivity contribution is 5.82. The zero-order valence-corrected chi connectivity index (χ0v) is 22.9. The molecule has 0 saturated carbocycles. The Kier molecular flexibility index (Phi) is 9.63. The van der Waals surface area contributed by atoms with Crippen molar-refractivity contribution in [2.24, 2.45) is 5.73 Å². The first kappa shape index (κ1) is 27.9. The van der Waals surface area contributed by atoms with Gasteiger partial charge in [0.05, 0.1) is 0 Å². The number of amides is 1. The number of nitrogens with zero attached hydrogens (tertiary/aromatic N) is 2. The van der Waals surface area contributed by atoms with Crippen molar-refractivity contribution in [3.05, 3.63) is 59.2 Å². The third-order valence-corrected chi connectivity index (χ3v) is 7.51. The number of fused-ring (bicyclic) bond motifs is 1. The fourth-order valence-electron chi connectivity index (χ4n) is 5.42. The van der Waals surface area contributed by atoms with Crippen LogP contribution in [0.15, 0.2) is 42.5 Å². The van der Waals surface area contributed by atoms with Crippen LogP contribution >= 0.6 is 0 Å². The monoisotopic (exact) mass is 523 g/mol. The fourth-order valence-corrected chi connectivity index (χ4v) is 5.42. The van der Waals surface area contributed by atoms with Gasteiger partial charge in [0.15, 0.2) is 23.7 Å². The van der Waals surface area contributed by atoms with Crippen LogP contribution in [0.4, 0.5) is 0 Å². The molecule has 2 aromatic carbocycles. The summed E-state index contributed by atoms with van der Waals surface area (Å²) >= 11 is 0. The topological polar surface area (TPSA) is 94.3 Å². The number of aryl methyl sites for hydroxylation is 2. The van der Waals surface area contributed by atoms with Crippen molar-refractivity contribution in [1.82, 2.24) is 9.80 Å². The number of para-hydroxylation sites is 2. The van der Waals surface area contributed by atoms with Crippen molar-refractivity contribution in [3.8, 4) is 11.5 Å². The number of unbranched alkanes of at least 4 members (excludes halogenated alkanes) is 2. The Morgan fingerprint density at radius 1 is 1.00 bits per heavy atom. The molecular weight excluding hydrogens is 482 g/mol. The van der Waals surface area contributed by atoms with Crippen molar-refractivity contribution in [2.75, 3.05) is 39.3 Å². The molecule has 0 radical (unpaired) electrons. The van der Waals surface area contributed by atoms with Gasteiger partial charge in [-0.15, -0.1) is 0 Å². The third kappa shape index (κ3) is 6.85. The second-order valence-electron chi connectivity index (χ2n) is 10.3. The van der Waals surface area contributed by atoms with Crippen LogP contribution in [0.5, 0.6) is 11.5 Å². The number of carbonyl (C=O) groups excluding carboxylic acids is 2. The van der Waals surface area contributed by atoms with Crippen molar-refractivity contribution >= 4 is 11.9 Å². The minimum Gasteiger partial charge on any atom is -0.486 e. The summed E-state index contributed by atoms with van der Waals surface area (Å²) in [6.07, 6.45) is 2.41. The summed E-state index contributed by atoms with van der Waals surface area (Å²) in [5, 5.41) is 0. The Bertz CT molecular complexity index is 1080. The van der Waals surface area contributed by atoms with Gasteiger partial charge in [-0.05, 0) is 49.1 Å². The van der Waals surface area contributed by atoms with E-state index >= 15 is 0 Å². The van der Waals surface area contributed by atoms with Crippen molar-refractivity contribution in [2.45, 2.75) is 64.7 Å². The molecule has 0 aliphatic carbocycles. The SMILES string of the molecule is CCCCCC(=O)OC(CN1CCN(C(C(N)=O)c2c(C)cccc2C)CC1)C1COc2ccccc2O1. The van der Waals surface area contributed by atoms with Gasteiger partial charge in [0, 0.05) is 39.1 Å². The Labute approximate surface area is 226 Å². The smallest absolute Gasteiger partial charge is 0.306 e. The largest absolute Gasteiger partial charge is 0.486 e. The van der Waals surface area contributed by atoms with E-state index in [4.69, 9.17) is 19.9 Å². The number of piperazine rings is 1. The summed E-state index contributed by atoms with van der Waals surface area (Å²) in [7, 11) is 0. The second-order valence-corrected chi connectivity index (χ2v) is 10.3. The molecule has 1 amide bonds. The Morgan fingerprint density at radius 2 is 1.68 bits per heavy atom. The van der Waals surface area contributed by atoms with Crippen LogP contribution in [0.3, 0.4) is 0 Å². The van der Waals surface area contributed by atoms with Crippen LogP contribution < -0.4 is 15.2 Å². The second kappa shape index (κ2) is 13.1. The third-order valence-electron chi connectivity index (χ3n) is 7.51. The molecule has 8 nitrogen and oxygen atoms in total. The van der Waals surface area contributed by atoms with Crippen LogP contribution in [0.25, 0.3) is 0 Å².